The van der Waals surface area contributed by atoms with Crippen molar-refractivity contribution in [2.45, 2.75) is 58.4 Å². The molecule has 2 rings (SSSR count). The Morgan fingerprint density at radius 3 is 2.47 bits per heavy atom. The molecule has 0 unspecified atom stereocenters. The van der Waals surface area contributed by atoms with Gasteiger partial charge in [0.2, 0.25) is 5.91 Å². The Hall–Kier alpha value is -1.39. The highest BCUT2D eigenvalue weighted by Gasteiger charge is 2.23. The van der Waals surface area contributed by atoms with Gasteiger partial charge in [-0.1, -0.05) is 32.1 Å². The first kappa shape index (κ1) is 14.0. The summed E-state index contributed by atoms with van der Waals surface area (Å²) in [5.41, 5.74) is 0. The summed E-state index contributed by atoms with van der Waals surface area (Å²) in [6, 6.07) is 0. The molecule has 1 aromatic heterocycles. The van der Waals surface area contributed by atoms with Gasteiger partial charge in [0, 0.05) is 13.0 Å². The third-order valence-electron chi connectivity index (χ3n) is 3.85. The van der Waals surface area contributed by atoms with Gasteiger partial charge in [0.25, 0.3) is 0 Å². The number of carbonyl (C=O) groups excluding carboxylic acids is 1. The number of aromatic nitrogens is 3. The summed E-state index contributed by atoms with van der Waals surface area (Å²) < 4.78 is 0. The summed E-state index contributed by atoms with van der Waals surface area (Å²) in [6.07, 6.45) is 8.31. The molecule has 0 radical (unpaired) electrons. The fourth-order valence-electron chi connectivity index (χ4n) is 2.76. The van der Waals surface area contributed by atoms with Crippen molar-refractivity contribution in [1.82, 2.24) is 20.1 Å². The lowest BCUT2D eigenvalue weighted by atomic mass is 9.90. The van der Waals surface area contributed by atoms with Crippen LogP contribution in [0.2, 0.25) is 0 Å². The highest BCUT2D eigenvalue weighted by molar-refractivity contribution is 5.78. The highest BCUT2D eigenvalue weighted by Crippen LogP contribution is 2.24. The normalized spacial score (nSPS) is 17.8. The van der Waals surface area contributed by atoms with Crippen molar-refractivity contribution < 1.29 is 4.79 Å². The molecule has 0 aromatic carbocycles. The van der Waals surface area contributed by atoms with E-state index in [1.165, 1.54) is 32.1 Å². The summed E-state index contributed by atoms with van der Waals surface area (Å²) in [4.78, 5) is 18.5. The first-order valence-electron chi connectivity index (χ1n) is 7.29. The number of rotatable bonds is 3. The van der Waals surface area contributed by atoms with E-state index in [0.29, 0.717) is 12.4 Å². The van der Waals surface area contributed by atoms with Crippen molar-refractivity contribution in [3.05, 3.63) is 11.6 Å². The van der Waals surface area contributed by atoms with Gasteiger partial charge in [0.1, 0.15) is 5.82 Å². The van der Waals surface area contributed by atoms with Crippen molar-refractivity contribution in [1.29, 1.82) is 0 Å². The number of hydrogen-bond donors (Lipinski definition) is 1. The van der Waals surface area contributed by atoms with Gasteiger partial charge in [0.05, 0.1) is 6.54 Å². The Balaban J connectivity index is 1.89. The van der Waals surface area contributed by atoms with Crippen LogP contribution in [0.4, 0.5) is 0 Å². The molecule has 0 saturated heterocycles. The van der Waals surface area contributed by atoms with Crippen LogP contribution >= 0.6 is 0 Å². The number of amides is 1. The van der Waals surface area contributed by atoms with Crippen LogP contribution in [0.15, 0.2) is 0 Å². The molecule has 0 atom stereocenters. The molecule has 1 heterocycles. The predicted molar refractivity (Wildman–Crippen MR) is 73.4 cm³/mol. The molecule has 5 heteroatoms. The van der Waals surface area contributed by atoms with Crippen LogP contribution in [-0.2, 0) is 11.3 Å². The quantitative estimate of drug-likeness (QED) is 0.912. The fourth-order valence-corrected chi connectivity index (χ4v) is 2.76. The molecule has 0 spiro atoms. The summed E-state index contributed by atoms with van der Waals surface area (Å²) in [7, 11) is 1.85. The van der Waals surface area contributed by atoms with Gasteiger partial charge >= 0.3 is 0 Å². The van der Waals surface area contributed by atoms with Gasteiger partial charge in [-0.15, -0.1) is 0 Å². The van der Waals surface area contributed by atoms with E-state index >= 15 is 0 Å². The second kappa shape index (κ2) is 6.68. The third-order valence-corrected chi connectivity index (χ3v) is 3.85. The van der Waals surface area contributed by atoms with E-state index in [4.69, 9.17) is 0 Å². The number of nitrogens with zero attached hydrogens (tertiary/aromatic N) is 3. The topological polar surface area (TPSA) is 61.9 Å². The average molecular weight is 264 g/mol. The molecule has 106 valence electrons. The van der Waals surface area contributed by atoms with Gasteiger partial charge in [0.15, 0.2) is 5.82 Å². The number of aromatic amines is 1. The summed E-state index contributed by atoms with van der Waals surface area (Å²) in [5.74, 6) is 1.94. The Labute approximate surface area is 114 Å². The first-order chi connectivity index (χ1) is 9.16. The zero-order valence-electron chi connectivity index (χ0n) is 12.0. The molecule has 1 N–H and O–H groups in total. The zero-order chi connectivity index (χ0) is 13.7. The molecule has 1 fully saturated rings. The number of nitrogens with one attached hydrogen (secondary N) is 1. The number of carbonyl (C=O) groups is 1. The van der Waals surface area contributed by atoms with Crippen LogP contribution in [0.25, 0.3) is 0 Å². The highest BCUT2D eigenvalue weighted by atomic mass is 16.2. The Kier molecular flexibility index (Phi) is 4.93. The summed E-state index contributed by atoms with van der Waals surface area (Å²) >= 11 is 0. The fraction of sp³-hybridized carbons (Fsp3) is 0.786. The zero-order valence-corrected chi connectivity index (χ0v) is 12.0. The van der Waals surface area contributed by atoms with E-state index in [9.17, 15) is 4.79 Å². The molecule has 1 aliphatic rings. The van der Waals surface area contributed by atoms with Crippen LogP contribution in [-0.4, -0.2) is 33.0 Å². The van der Waals surface area contributed by atoms with E-state index in [1.807, 2.05) is 14.0 Å². The average Bonchev–Trinajstić information content (AvgIpc) is 2.73. The van der Waals surface area contributed by atoms with Gasteiger partial charge in [-0.05, 0) is 19.8 Å². The van der Waals surface area contributed by atoms with E-state index in [2.05, 4.69) is 15.2 Å². The molecule has 0 aliphatic heterocycles. The summed E-state index contributed by atoms with van der Waals surface area (Å²) in [6.45, 7) is 2.37. The van der Waals surface area contributed by atoms with Gasteiger partial charge in [-0.3, -0.25) is 9.89 Å². The minimum atomic E-state index is 0.199. The number of aryl methyl sites for hydroxylation is 1. The Bertz CT molecular complexity index is 407. The molecule has 1 aromatic rings. The minimum Gasteiger partial charge on any atom is -0.338 e. The Morgan fingerprint density at radius 1 is 1.26 bits per heavy atom. The van der Waals surface area contributed by atoms with Crippen molar-refractivity contribution in [2.75, 3.05) is 7.05 Å². The standard InChI is InChI=1S/C14H24N4O/c1-11-15-13(17-16-11)10-18(2)14(19)12-8-6-4-3-5-7-9-12/h12H,3-10H2,1-2H3,(H,15,16,17). The molecular weight excluding hydrogens is 240 g/mol. The van der Waals surface area contributed by atoms with Crippen molar-refractivity contribution in [3.8, 4) is 0 Å². The molecule has 0 bridgehead atoms. The first-order valence-corrected chi connectivity index (χ1v) is 7.29. The maximum Gasteiger partial charge on any atom is 0.225 e. The second-order valence-electron chi connectivity index (χ2n) is 5.57. The van der Waals surface area contributed by atoms with Crippen LogP contribution in [0.5, 0.6) is 0 Å². The third kappa shape index (κ3) is 4.04. The van der Waals surface area contributed by atoms with Crippen LogP contribution in [0, 0.1) is 12.8 Å². The minimum absolute atomic E-state index is 0.199. The lowest BCUT2D eigenvalue weighted by Crippen LogP contribution is -2.33. The number of H-pyrrole nitrogens is 1. The van der Waals surface area contributed by atoms with E-state index in [1.54, 1.807) is 4.90 Å². The van der Waals surface area contributed by atoms with Crippen LogP contribution < -0.4 is 0 Å². The molecule has 19 heavy (non-hydrogen) atoms. The van der Waals surface area contributed by atoms with E-state index in [0.717, 1.165) is 18.7 Å². The lowest BCUT2D eigenvalue weighted by Gasteiger charge is -2.24. The van der Waals surface area contributed by atoms with Crippen molar-refractivity contribution in [3.63, 3.8) is 0 Å². The van der Waals surface area contributed by atoms with Crippen LogP contribution in [0.1, 0.15) is 56.6 Å². The maximum absolute atomic E-state index is 12.4. The van der Waals surface area contributed by atoms with Gasteiger partial charge in [-0.25, -0.2) is 4.98 Å². The molecule has 1 saturated carbocycles. The van der Waals surface area contributed by atoms with Crippen molar-refractivity contribution in [2.24, 2.45) is 5.92 Å². The SMILES string of the molecule is Cc1nc(CN(C)C(=O)C2CCCCCCC2)n[nH]1. The molecule has 5 nitrogen and oxygen atoms in total. The Morgan fingerprint density at radius 2 is 1.89 bits per heavy atom. The monoisotopic (exact) mass is 264 g/mol. The molecule has 1 amide bonds. The number of hydrogen-bond acceptors (Lipinski definition) is 3. The van der Waals surface area contributed by atoms with Crippen LogP contribution in [0.3, 0.4) is 0 Å². The predicted octanol–water partition coefficient (Wildman–Crippen LogP) is 2.43. The molecular formula is C14H24N4O. The van der Waals surface area contributed by atoms with E-state index in [-0.39, 0.29) is 11.8 Å². The molecule has 1 aliphatic carbocycles. The maximum atomic E-state index is 12.4. The smallest absolute Gasteiger partial charge is 0.225 e. The van der Waals surface area contributed by atoms with Crippen molar-refractivity contribution >= 4 is 5.91 Å². The largest absolute Gasteiger partial charge is 0.338 e. The lowest BCUT2D eigenvalue weighted by molar-refractivity contribution is -0.135. The summed E-state index contributed by atoms with van der Waals surface area (Å²) in [5, 5.41) is 6.90. The van der Waals surface area contributed by atoms with Gasteiger partial charge in [-0.2, -0.15) is 5.10 Å². The second-order valence-corrected chi connectivity index (χ2v) is 5.57. The van der Waals surface area contributed by atoms with Gasteiger partial charge < -0.3 is 4.90 Å². The van der Waals surface area contributed by atoms with E-state index < -0.39 is 0 Å².